The summed E-state index contributed by atoms with van der Waals surface area (Å²) in [6.45, 7) is 5.52. The van der Waals surface area contributed by atoms with Gasteiger partial charge in [-0.1, -0.05) is 0 Å². The molecule has 2 aliphatic rings. The molecule has 1 N–H and O–H groups in total. The molecule has 0 bridgehead atoms. The van der Waals surface area contributed by atoms with Gasteiger partial charge in [0.25, 0.3) is 0 Å². The third-order valence-corrected chi connectivity index (χ3v) is 3.07. The van der Waals surface area contributed by atoms with Gasteiger partial charge >= 0.3 is 0 Å². The van der Waals surface area contributed by atoms with Gasteiger partial charge in [0.2, 0.25) is 0 Å². The van der Waals surface area contributed by atoms with E-state index in [1.54, 1.807) is 0 Å². The van der Waals surface area contributed by atoms with Crippen LogP contribution in [0.15, 0.2) is 0 Å². The standard InChI is InChI=1S/C10H19NO2/c1-9(12)7-11-5-2-6-13-8-10(11)3-4-10/h9,12H,2-8H2,1H3. The van der Waals surface area contributed by atoms with Crippen molar-refractivity contribution in [3.05, 3.63) is 0 Å². The predicted octanol–water partition coefficient (Wildman–Crippen LogP) is 0.622. The average Bonchev–Trinajstić information content (AvgIpc) is 2.84. The maximum Gasteiger partial charge on any atom is 0.0650 e. The fourth-order valence-corrected chi connectivity index (χ4v) is 2.16. The molecule has 0 radical (unpaired) electrons. The lowest BCUT2D eigenvalue weighted by atomic mass is 10.2. The van der Waals surface area contributed by atoms with Gasteiger partial charge in [-0.15, -0.1) is 0 Å². The van der Waals surface area contributed by atoms with Crippen molar-refractivity contribution in [3.8, 4) is 0 Å². The van der Waals surface area contributed by atoms with Gasteiger partial charge in [0.05, 0.1) is 12.7 Å². The van der Waals surface area contributed by atoms with Gasteiger partial charge in [-0.05, 0) is 26.2 Å². The van der Waals surface area contributed by atoms with Crippen LogP contribution in [0.2, 0.25) is 0 Å². The van der Waals surface area contributed by atoms with E-state index in [1.807, 2.05) is 6.92 Å². The monoisotopic (exact) mass is 185 g/mol. The summed E-state index contributed by atoms with van der Waals surface area (Å²) in [5.41, 5.74) is 0.313. The third-order valence-electron chi connectivity index (χ3n) is 3.07. The molecule has 1 aliphatic carbocycles. The molecule has 1 aliphatic heterocycles. The van der Waals surface area contributed by atoms with Crippen molar-refractivity contribution in [2.24, 2.45) is 0 Å². The first-order valence-electron chi connectivity index (χ1n) is 5.24. The molecule has 1 atom stereocenters. The molecular weight excluding hydrogens is 166 g/mol. The zero-order valence-corrected chi connectivity index (χ0v) is 8.33. The minimum Gasteiger partial charge on any atom is -0.392 e. The minimum atomic E-state index is -0.212. The number of hydrogen-bond acceptors (Lipinski definition) is 3. The molecule has 1 unspecified atom stereocenters. The molecule has 76 valence electrons. The molecule has 13 heavy (non-hydrogen) atoms. The molecule has 1 heterocycles. The van der Waals surface area contributed by atoms with Gasteiger partial charge in [-0.25, -0.2) is 0 Å². The number of aliphatic hydroxyl groups excluding tert-OH is 1. The molecule has 2 rings (SSSR count). The molecule has 0 amide bonds. The van der Waals surface area contributed by atoms with E-state index < -0.39 is 0 Å². The van der Waals surface area contributed by atoms with Crippen LogP contribution >= 0.6 is 0 Å². The van der Waals surface area contributed by atoms with Crippen LogP contribution in [0, 0.1) is 0 Å². The highest BCUT2D eigenvalue weighted by Gasteiger charge is 2.48. The number of hydrogen-bond donors (Lipinski definition) is 1. The van der Waals surface area contributed by atoms with Crippen LogP contribution in [0.5, 0.6) is 0 Å². The van der Waals surface area contributed by atoms with Crippen LogP contribution in [0.1, 0.15) is 26.2 Å². The molecule has 3 nitrogen and oxygen atoms in total. The van der Waals surface area contributed by atoms with E-state index in [-0.39, 0.29) is 6.10 Å². The first-order valence-corrected chi connectivity index (χ1v) is 5.24. The Morgan fingerprint density at radius 1 is 1.54 bits per heavy atom. The summed E-state index contributed by atoms with van der Waals surface area (Å²) < 4.78 is 5.56. The SMILES string of the molecule is CC(O)CN1CCCOCC12CC2. The van der Waals surface area contributed by atoms with Crippen LogP contribution in [-0.4, -0.2) is 48.0 Å². The first kappa shape index (κ1) is 9.44. The van der Waals surface area contributed by atoms with E-state index in [2.05, 4.69) is 4.90 Å². The zero-order chi connectivity index (χ0) is 9.31. The topological polar surface area (TPSA) is 32.7 Å². The minimum absolute atomic E-state index is 0.212. The fourth-order valence-electron chi connectivity index (χ4n) is 2.16. The lowest BCUT2D eigenvalue weighted by Gasteiger charge is -2.30. The second kappa shape index (κ2) is 3.56. The van der Waals surface area contributed by atoms with Crippen LogP contribution < -0.4 is 0 Å². The second-order valence-corrected chi connectivity index (χ2v) is 4.43. The van der Waals surface area contributed by atoms with Gasteiger partial charge in [-0.2, -0.15) is 0 Å². The summed E-state index contributed by atoms with van der Waals surface area (Å²) in [5.74, 6) is 0. The number of rotatable bonds is 2. The highest BCUT2D eigenvalue weighted by molar-refractivity contribution is 5.04. The van der Waals surface area contributed by atoms with Gasteiger partial charge in [0, 0.05) is 25.2 Å². The van der Waals surface area contributed by atoms with Crippen LogP contribution in [0.3, 0.4) is 0 Å². The molecule has 3 heteroatoms. The highest BCUT2D eigenvalue weighted by atomic mass is 16.5. The summed E-state index contributed by atoms with van der Waals surface area (Å²) in [7, 11) is 0. The lowest BCUT2D eigenvalue weighted by Crippen LogP contribution is -2.43. The maximum atomic E-state index is 9.37. The number of aliphatic hydroxyl groups is 1. The molecular formula is C10H19NO2. The van der Waals surface area contributed by atoms with Crippen LogP contribution in [0.4, 0.5) is 0 Å². The van der Waals surface area contributed by atoms with E-state index in [1.165, 1.54) is 12.8 Å². The van der Waals surface area contributed by atoms with Crippen LogP contribution in [0.25, 0.3) is 0 Å². The van der Waals surface area contributed by atoms with Crippen molar-refractivity contribution in [3.63, 3.8) is 0 Å². The lowest BCUT2D eigenvalue weighted by molar-refractivity contribution is 0.0583. The molecule has 0 aromatic carbocycles. The number of nitrogens with zero attached hydrogens (tertiary/aromatic N) is 1. The average molecular weight is 185 g/mol. The smallest absolute Gasteiger partial charge is 0.0650 e. The zero-order valence-electron chi connectivity index (χ0n) is 8.33. The molecule has 2 fully saturated rings. The van der Waals surface area contributed by atoms with Gasteiger partial charge in [0.15, 0.2) is 0 Å². The van der Waals surface area contributed by atoms with Crippen LogP contribution in [-0.2, 0) is 4.74 Å². The molecule has 1 saturated heterocycles. The summed E-state index contributed by atoms with van der Waals surface area (Å²) in [6.07, 6.45) is 3.39. The summed E-state index contributed by atoms with van der Waals surface area (Å²) in [6, 6.07) is 0. The van der Waals surface area contributed by atoms with Crippen molar-refractivity contribution in [2.45, 2.75) is 37.8 Å². The Hall–Kier alpha value is -0.120. The Kier molecular flexibility index (Phi) is 2.58. The summed E-state index contributed by atoms with van der Waals surface area (Å²) in [5, 5.41) is 9.37. The van der Waals surface area contributed by atoms with Gasteiger partial charge < -0.3 is 9.84 Å². The predicted molar refractivity (Wildman–Crippen MR) is 50.7 cm³/mol. The van der Waals surface area contributed by atoms with Gasteiger partial charge in [0.1, 0.15) is 0 Å². The Labute approximate surface area is 79.7 Å². The fraction of sp³-hybridized carbons (Fsp3) is 1.00. The Bertz CT molecular complexity index is 178. The van der Waals surface area contributed by atoms with Crippen molar-refractivity contribution in [1.82, 2.24) is 4.90 Å². The number of β-amino-alcohol motifs (C(OH)–C–C–N with tert-alkyl or cyclic N) is 1. The molecule has 0 aromatic heterocycles. The van der Waals surface area contributed by atoms with E-state index in [9.17, 15) is 5.11 Å². The Morgan fingerprint density at radius 3 is 2.92 bits per heavy atom. The van der Waals surface area contributed by atoms with Crippen molar-refractivity contribution in [1.29, 1.82) is 0 Å². The van der Waals surface area contributed by atoms with E-state index in [0.717, 1.165) is 32.7 Å². The first-order chi connectivity index (χ1) is 6.23. The largest absolute Gasteiger partial charge is 0.392 e. The number of ether oxygens (including phenoxy) is 1. The molecule has 0 aromatic rings. The summed E-state index contributed by atoms with van der Waals surface area (Å²) >= 11 is 0. The van der Waals surface area contributed by atoms with E-state index in [0.29, 0.717) is 5.54 Å². The quantitative estimate of drug-likeness (QED) is 0.684. The normalized spacial score (nSPS) is 30.0. The van der Waals surface area contributed by atoms with Gasteiger partial charge in [-0.3, -0.25) is 4.90 Å². The van der Waals surface area contributed by atoms with Crippen molar-refractivity contribution >= 4 is 0 Å². The molecule has 1 spiro atoms. The van der Waals surface area contributed by atoms with Crippen molar-refractivity contribution < 1.29 is 9.84 Å². The van der Waals surface area contributed by atoms with E-state index in [4.69, 9.17) is 4.74 Å². The second-order valence-electron chi connectivity index (χ2n) is 4.43. The Morgan fingerprint density at radius 2 is 2.31 bits per heavy atom. The van der Waals surface area contributed by atoms with E-state index >= 15 is 0 Å². The van der Waals surface area contributed by atoms with Crippen molar-refractivity contribution in [2.75, 3.05) is 26.3 Å². The summed E-state index contributed by atoms with van der Waals surface area (Å²) in [4.78, 5) is 2.42. The molecule has 1 saturated carbocycles. The third kappa shape index (κ3) is 2.03. The highest BCUT2D eigenvalue weighted by Crippen LogP contribution is 2.43. The maximum absolute atomic E-state index is 9.37. The Balaban J connectivity index is 1.96.